The SMILES string of the molecule is CCCCCCN(CCCCCC)CCCCCCNCCCCCCN. The van der Waals surface area contributed by atoms with E-state index in [4.69, 9.17) is 5.73 Å². The van der Waals surface area contributed by atoms with Crippen LogP contribution in [0.25, 0.3) is 0 Å². The van der Waals surface area contributed by atoms with Gasteiger partial charge in [0, 0.05) is 0 Å². The lowest BCUT2D eigenvalue weighted by molar-refractivity contribution is 0.254. The molecule has 27 heavy (non-hydrogen) atoms. The quantitative estimate of drug-likeness (QED) is 0.209. The maximum atomic E-state index is 5.52. The molecule has 0 aliphatic carbocycles. The summed E-state index contributed by atoms with van der Waals surface area (Å²) in [5.74, 6) is 0. The summed E-state index contributed by atoms with van der Waals surface area (Å²) in [6.07, 6.45) is 21.8. The van der Waals surface area contributed by atoms with E-state index in [1.54, 1.807) is 0 Å². The molecule has 0 atom stereocenters. The molecule has 0 spiro atoms. The van der Waals surface area contributed by atoms with Crippen LogP contribution in [0.2, 0.25) is 0 Å². The highest BCUT2D eigenvalue weighted by atomic mass is 15.1. The molecule has 0 aromatic rings. The second-order valence-corrected chi connectivity index (χ2v) is 8.33. The molecule has 0 saturated carbocycles. The lowest BCUT2D eigenvalue weighted by Gasteiger charge is -2.22. The van der Waals surface area contributed by atoms with E-state index in [1.807, 2.05) is 0 Å². The second kappa shape index (κ2) is 23.9. The van der Waals surface area contributed by atoms with Crippen molar-refractivity contribution in [1.82, 2.24) is 10.2 Å². The van der Waals surface area contributed by atoms with Crippen LogP contribution in [0.15, 0.2) is 0 Å². The van der Waals surface area contributed by atoms with E-state index in [0.717, 1.165) is 6.54 Å². The van der Waals surface area contributed by atoms with Crippen LogP contribution in [-0.4, -0.2) is 44.2 Å². The first-order valence-electron chi connectivity index (χ1n) is 12.5. The molecule has 164 valence electrons. The first kappa shape index (κ1) is 26.9. The summed E-state index contributed by atoms with van der Waals surface area (Å²) in [6.45, 7) is 11.8. The fourth-order valence-corrected chi connectivity index (χ4v) is 3.67. The van der Waals surface area contributed by atoms with Crippen LogP contribution in [0.1, 0.15) is 117 Å². The maximum Gasteiger partial charge on any atom is -0.00187 e. The third-order valence-corrected chi connectivity index (χ3v) is 5.54. The van der Waals surface area contributed by atoms with Gasteiger partial charge in [0.2, 0.25) is 0 Å². The lowest BCUT2D eigenvalue weighted by atomic mass is 10.1. The van der Waals surface area contributed by atoms with Crippen LogP contribution in [0.3, 0.4) is 0 Å². The average molecular weight is 384 g/mol. The summed E-state index contributed by atoms with van der Waals surface area (Å²) in [6, 6.07) is 0. The zero-order valence-electron chi connectivity index (χ0n) is 19.1. The van der Waals surface area contributed by atoms with Gasteiger partial charge in [0.05, 0.1) is 0 Å². The van der Waals surface area contributed by atoms with Crippen molar-refractivity contribution >= 4 is 0 Å². The van der Waals surface area contributed by atoms with E-state index < -0.39 is 0 Å². The van der Waals surface area contributed by atoms with E-state index in [2.05, 4.69) is 24.1 Å². The molecular weight excluding hydrogens is 330 g/mol. The number of nitrogens with two attached hydrogens (primary N) is 1. The van der Waals surface area contributed by atoms with Crippen molar-refractivity contribution in [2.24, 2.45) is 5.73 Å². The van der Waals surface area contributed by atoms with Gasteiger partial charge in [-0.05, 0) is 77.8 Å². The Labute approximate surface area is 172 Å². The Balaban J connectivity index is 3.54. The van der Waals surface area contributed by atoms with Crippen molar-refractivity contribution in [3.63, 3.8) is 0 Å². The van der Waals surface area contributed by atoms with Crippen LogP contribution in [0, 0.1) is 0 Å². The number of hydrogen-bond acceptors (Lipinski definition) is 3. The number of nitrogens with one attached hydrogen (secondary N) is 1. The Morgan fingerprint density at radius 1 is 0.519 bits per heavy atom. The number of nitrogens with zero attached hydrogens (tertiary/aromatic N) is 1. The van der Waals surface area contributed by atoms with Crippen molar-refractivity contribution in [2.45, 2.75) is 117 Å². The molecule has 0 bridgehead atoms. The zero-order valence-corrected chi connectivity index (χ0v) is 19.1. The third kappa shape index (κ3) is 22.0. The van der Waals surface area contributed by atoms with Gasteiger partial charge < -0.3 is 16.0 Å². The van der Waals surface area contributed by atoms with Crippen molar-refractivity contribution in [2.75, 3.05) is 39.3 Å². The van der Waals surface area contributed by atoms with E-state index in [9.17, 15) is 0 Å². The monoisotopic (exact) mass is 383 g/mol. The van der Waals surface area contributed by atoms with Crippen LogP contribution in [-0.2, 0) is 0 Å². The Kier molecular flexibility index (Phi) is 23.8. The van der Waals surface area contributed by atoms with E-state index >= 15 is 0 Å². The van der Waals surface area contributed by atoms with Crippen LogP contribution in [0.5, 0.6) is 0 Å². The fourth-order valence-electron chi connectivity index (χ4n) is 3.67. The summed E-state index contributed by atoms with van der Waals surface area (Å²) >= 11 is 0. The highest BCUT2D eigenvalue weighted by molar-refractivity contribution is 4.60. The van der Waals surface area contributed by atoms with Gasteiger partial charge in [0.1, 0.15) is 0 Å². The summed E-state index contributed by atoms with van der Waals surface area (Å²) in [5.41, 5.74) is 5.52. The first-order valence-corrected chi connectivity index (χ1v) is 12.5. The molecular formula is C24H53N3. The van der Waals surface area contributed by atoms with E-state index in [0.29, 0.717) is 0 Å². The van der Waals surface area contributed by atoms with Gasteiger partial charge in [0.25, 0.3) is 0 Å². The zero-order chi connectivity index (χ0) is 19.8. The highest BCUT2D eigenvalue weighted by Gasteiger charge is 2.04. The van der Waals surface area contributed by atoms with Gasteiger partial charge in [-0.2, -0.15) is 0 Å². The topological polar surface area (TPSA) is 41.3 Å². The van der Waals surface area contributed by atoms with Crippen molar-refractivity contribution in [1.29, 1.82) is 0 Å². The van der Waals surface area contributed by atoms with Crippen molar-refractivity contribution in [3.8, 4) is 0 Å². The van der Waals surface area contributed by atoms with Crippen molar-refractivity contribution < 1.29 is 0 Å². The summed E-state index contributed by atoms with van der Waals surface area (Å²) in [7, 11) is 0. The molecule has 0 aliphatic heterocycles. The Morgan fingerprint density at radius 3 is 1.37 bits per heavy atom. The molecule has 0 aromatic heterocycles. The Morgan fingerprint density at radius 2 is 0.926 bits per heavy atom. The van der Waals surface area contributed by atoms with Crippen LogP contribution >= 0.6 is 0 Å². The van der Waals surface area contributed by atoms with Gasteiger partial charge in [-0.15, -0.1) is 0 Å². The maximum absolute atomic E-state index is 5.52. The van der Waals surface area contributed by atoms with Gasteiger partial charge in [-0.25, -0.2) is 0 Å². The summed E-state index contributed by atoms with van der Waals surface area (Å²) in [4.78, 5) is 2.75. The molecule has 0 amide bonds. The first-order chi connectivity index (χ1) is 13.3. The molecule has 0 aliphatic rings. The Hall–Kier alpha value is -0.120. The second-order valence-electron chi connectivity index (χ2n) is 8.33. The largest absolute Gasteiger partial charge is 0.330 e. The third-order valence-electron chi connectivity index (χ3n) is 5.54. The molecule has 0 unspecified atom stereocenters. The normalized spacial score (nSPS) is 11.6. The molecule has 0 radical (unpaired) electrons. The number of unbranched alkanes of at least 4 members (excludes halogenated alkanes) is 12. The summed E-state index contributed by atoms with van der Waals surface area (Å²) < 4.78 is 0. The van der Waals surface area contributed by atoms with Gasteiger partial charge >= 0.3 is 0 Å². The molecule has 0 saturated heterocycles. The molecule has 3 nitrogen and oxygen atoms in total. The average Bonchev–Trinajstić information content (AvgIpc) is 2.68. The van der Waals surface area contributed by atoms with E-state index in [1.165, 1.54) is 135 Å². The molecule has 0 fully saturated rings. The van der Waals surface area contributed by atoms with Crippen LogP contribution in [0.4, 0.5) is 0 Å². The minimum absolute atomic E-state index is 0.850. The molecule has 3 heteroatoms. The summed E-state index contributed by atoms with van der Waals surface area (Å²) in [5, 5.41) is 3.60. The minimum atomic E-state index is 0.850. The minimum Gasteiger partial charge on any atom is -0.330 e. The van der Waals surface area contributed by atoms with Gasteiger partial charge in [-0.3, -0.25) is 0 Å². The number of hydrogen-bond donors (Lipinski definition) is 2. The predicted molar refractivity (Wildman–Crippen MR) is 124 cm³/mol. The van der Waals surface area contributed by atoms with Gasteiger partial charge in [0.15, 0.2) is 0 Å². The van der Waals surface area contributed by atoms with Crippen LogP contribution < -0.4 is 11.1 Å². The Bertz CT molecular complexity index is 246. The smallest absolute Gasteiger partial charge is 0.00187 e. The van der Waals surface area contributed by atoms with E-state index in [-0.39, 0.29) is 0 Å². The van der Waals surface area contributed by atoms with Gasteiger partial charge in [-0.1, -0.05) is 78.1 Å². The molecule has 0 heterocycles. The fraction of sp³-hybridized carbons (Fsp3) is 1.00. The molecule has 0 aromatic carbocycles. The standard InChI is InChI=1S/C24H53N3/c1-3-5-7-16-22-27(23-17-8-6-4-2)24-18-12-11-15-21-26-20-14-10-9-13-19-25/h26H,3-25H2,1-2H3. The molecule has 3 N–H and O–H groups in total. The number of rotatable bonds is 23. The highest BCUT2D eigenvalue weighted by Crippen LogP contribution is 2.08. The van der Waals surface area contributed by atoms with Crippen molar-refractivity contribution in [3.05, 3.63) is 0 Å². The predicted octanol–water partition coefficient (Wildman–Crippen LogP) is 6.12. The molecule has 0 rings (SSSR count). The lowest BCUT2D eigenvalue weighted by Crippen LogP contribution is -2.27.